The van der Waals surface area contributed by atoms with Crippen molar-refractivity contribution in [2.75, 3.05) is 10.8 Å². The van der Waals surface area contributed by atoms with E-state index in [0.717, 1.165) is 39.5 Å². The minimum atomic E-state index is -4.25. The van der Waals surface area contributed by atoms with Gasteiger partial charge in [0.05, 0.1) is 10.6 Å². The number of sulfonamides is 1. The summed E-state index contributed by atoms with van der Waals surface area (Å²) in [6.07, 6.45) is 1.07. The summed E-state index contributed by atoms with van der Waals surface area (Å²) in [5, 5.41) is 2.97. The van der Waals surface area contributed by atoms with Crippen molar-refractivity contribution >= 4 is 27.5 Å². The zero-order valence-corrected chi connectivity index (χ0v) is 24.5. The molecule has 3 rings (SSSR count). The van der Waals surface area contributed by atoms with Gasteiger partial charge in [-0.3, -0.25) is 13.9 Å². The van der Waals surface area contributed by atoms with Gasteiger partial charge in [-0.2, -0.15) is 0 Å². The predicted molar refractivity (Wildman–Crippen MR) is 156 cm³/mol. The molecule has 0 saturated carbocycles. The van der Waals surface area contributed by atoms with Crippen LogP contribution in [0.2, 0.25) is 0 Å². The van der Waals surface area contributed by atoms with Crippen molar-refractivity contribution in [3.63, 3.8) is 0 Å². The van der Waals surface area contributed by atoms with Crippen LogP contribution in [0.25, 0.3) is 0 Å². The summed E-state index contributed by atoms with van der Waals surface area (Å²) in [5.41, 5.74) is 3.01. The minimum Gasteiger partial charge on any atom is -0.352 e. The van der Waals surface area contributed by atoms with Crippen molar-refractivity contribution < 1.29 is 22.4 Å². The van der Waals surface area contributed by atoms with E-state index >= 15 is 0 Å². The van der Waals surface area contributed by atoms with E-state index in [9.17, 15) is 22.4 Å². The lowest BCUT2D eigenvalue weighted by Crippen LogP contribution is -2.53. The molecule has 0 aromatic heterocycles. The van der Waals surface area contributed by atoms with E-state index in [1.807, 2.05) is 58.9 Å². The summed E-state index contributed by atoms with van der Waals surface area (Å²) in [6, 6.07) is 17.9. The van der Waals surface area contributed by atoms with Gasteiger partial charge in [0.15, 0.2) is 0 Å². The molecule has 0 heterocycles. The van der Waals surface area contributed by atoms with E-state index in [4.69, 9.17) is 0 Å². The minimum absolute atomic E-state index is 0.0834. The standard InChI is InChI=1S/C31H38FN3O4S/c1-6-24(5)33-31(37)29(7-2)34(20-25-11-9-8-10-23(25)4)30(36)21-35(27-16-12-22(3)13-17-27)40(38,39)28-18-14-26(32)15-19-28/h8-19,24,29H,6-7,20-21H2,1-5H3,(H,33,37)/t24-,29-/m1/s1. The first-order valence-electron chi connectivity index (χ1n) is 13.5. The normalized spacial score (nSPS) is 12.8. The highest BCUT2D eigenvalue weighted by Gasteiger charge is 2.34. The third kappa shape index (κ3) is 7.47. The summed E-state index contributed by atoms with van der Waals surface area (Å²) >= 11 is 0. The molecule has 0 unspecified atom stereocenters. The number of anilines is 1. The van der Waals surface area contributed by atoms with Crippen LogP contribution < -0.4 is 9.62 Å². The van der Waals surface area contributed by atoms with E-state index in [0.29, 0.717) is 6.42 Å². The molecule has 9 heteroatoms. The number of nitrogens with one attached hydrogen (secondary N) is 1. The van der Waals surface area contributed by atoms with Crippen LogP contribution in [0, 0.1) is 19.7 Å². The Balaban J connectivity index is 2.06. The average molecular weight is 568 g/mol. The van der Waals surface area contributed by atoms with E-state index < -0.39 is 34.3 Å². The van der Waals surface area contributed by atoms with Gasteiger partial charge >= 0.3 is 0 Å². The second-order valence-corrected chi connectivity index (χ2v) is 11.9. The van der Waals surface area contributed by atoms with Gasteiger partial charge < -0.3 is 10.2 Å². The Kier molecular flexibility index (Phi) is 10.5. The summed E-state index contributed by atoms with van der Waals surface area (Å²) in [4.78, 5) is 28.7. The zero-order chi connectivity index (χ0) is 29.4. The average Bonchev–Trinajstić information content (AvgIpc) is 2.93. The highest BCUT2D eigenvalue weighted by atomic mass is 32.2. The lowest BCUT2D eigenvalue weighted by Gasteiger charge is -2.34. The maximum absolute atomic E-state index is 14.1. The number of rotatable bonds is 12. The molecule has 0 bridgehead atoms. The van der Waals surface area contributed by atoms with Gasteiger partial charge in [-0.25, -0.2) is 12.8 Å². The number of hydrogen-bond donors (Lipinski definition) is 1. The number of nitrogens with zero attached hydrogens (tertiary/aromatic N) is 2. The first-order chi connectivity index (χ1) is 19.0. The SMILES string of the molecule is CC[C@@H](C)NC(=O)[C@@H](CC)N(Cc1ccccc1C)C(=O)CN(c1ccc(C)cc1)S(=O)(=O)c1ccc(F)cc1. The second kappa shape index (κ2) is 13.6. The molecule has 0 fully saturated rings. The highest BCUT2D eigenvalue weighted by Crippen LogP contribution is 2.26. The third-order valence-electron chi connectivity index (χ3n) is 6.99. The van der Waals surface area contributed by atoms with Crippen molar-refractivity contribution in [1.82, 2.24) is 10.2 Å². The third-order valence-corrected chi connectivity index (χ3v) is 8.78. The molecule has 2 atom stereocenters. The molecular weight excluding hydrogens is 529 g/mol. The van der Waals surface area contributed by atoms with Crippen LogP contribution in [0.4, 0.5) is 10.1 Å². The molecule has 214 valence electrons. The summed E-state index contributed by atoms with van der Waals surface area (Å²) < 4.78 is 42.3. The Bertz CT molecular complexity index is 1410. The molecule has 3 aromatic rings. The Morgan fingerprint density at radius 2 is 1.52 bits per heavy atom. The molecule has 0 radical (unpaired) electrons. The van der Waals surface area contributed by atoms with Crippen molar-refractivity contribution in [1.29, 1.82) is 0 Å². The summed E-state index contributed by atoms with van der Waals surface area (Å²) in [6.45, 7) is 9.08. The molecule has 0 saturated heterocycles. The Hall–Kier alpha value is -3.72. The van der Waals surface area contributed by atoms with Crippen LogP contribution in [-0.4, -0.2) is 43.8 Å². The van der Waals surface area contributed by atoms with Crippen LogP contribution in [0.15, 0.2) is 77.7 Å². The first-order valence-corrected chi connectivity index (χ1v) is 14.9. The van der Waals surface area contributed by atoms with Crippen LogP contribution >= 0.6 is 0 Å². The van der Waals surface area contributed by atoms with E-state index in [-0.39, 0.29) is 29.1 Å². The van der Waals surface area contributed by atoms with Gasteiger partial charge in [0.1, 0.15) is 18.4 Å². The fourth-order valence-corrected chi connectivity index (χ4v) is 5.72. The smallest absolute Gasteiger partial charge is 0.264 e. The second-order valence-electron chi connectivity index (χ2n) is 9.99. The molecule has 40 heavy (non-hydrogen) atoms. The molecule has 3 aromatic carbocycles. The van der Waals surface area contributed by atoms with Gasteiger partial charge in [-0.15, -0.1) is 0 Å². The van der Waals surface area contributed by atoms with Gasteiger partial charge in [-0.05, 0) is 81.1 Å². The van der Waals surface area contributed by atoms with Crippen LogP contribution in [0.1, 0.15) is 50.3 Å². The number of carbonyl (C=O) groups is 2. The van der Waals surface area contributed by atoms with Gasteiger partial charge in [0.25, 0.3) is 10.0 Å². The Morgan fingerprint density at radius 1 is 0.900 bits per heavy atom. The topological polar surface area (TPSA) is 86.8 Å². The van der Waals surface area contributed by atoms with Crippen LogP contribution in [0.3, 0.4) is 0 Å². The molecule has 0 aliphatic carbocycles. The molecule has 7 nitrogen and oxygen atoms in total. The number of carbonyl (C=O) groups excluding carboxylic acids is 2. The van der Waals surface area contributed by atoms with Gasteiger partial charge in [0.2, 0.25) is 11.8 Å². The molecule has 0 aliphatic heterocycles. The van der Waals surface area contributed by atoms with Gasteiger partial charge in [-0.1, -0.05) is 55.8 Å². The number of benzene rings is 3. The predicted octanol–water partition coefficient (Wildman–Crippen LogP) is 5.36. The molecule has 1 N–H and O–H groups in total. The maximum Gasteiger partial charge on any atom is 0.264 e. The van der Waals surface area contributed by atoms with Crippen molar-refractivity contribution in [3.8, 4) is 0 Å². The molecule has 2 amide bonds. The Labute approximate surface area is 237 Å². The molecular formula is C31H38FN3O4S. The zero-order valence-electron chi connectivity index (χ0n) is 23.7. The van der Waals surface area contributed by atoms with Crippen molar-refractivity contribution in [2.24, 2.45) is 0 Å². The lowest BCUT2D eigenvalue weighted by molar-refractivity contribution is -0.140. The van der Waals surface area contributed by atoms with E-state index in [1.165, 1.54) is 17.0 Å². The first kappa shape index (κ1) is 30.8. The fourth-order valence-electron chi connectivity index (χ4n) is 4.31. The number of amides is 2. The van der Waals surface area contributed by atoms with Gasteiger partial charge in [0, 0.05) is 12.6 Å². The largest absolute Gasteiger partial charge is 0.352 e. The monoisotopic (exact) mass is 567 g/mol. The van der Waals surface area contributed by atoms with Crippen LogP contribution in [-0.2, 0) is 26.2 Å². The summed E-state index contributed by atoms with van der Waals surface area (Å²) in [5.74, 6) is -1.39. The number of hydrogen-bond acceptors (Lipinski definition) is 4. The number of aryl methyl sites for hydroxylation is 2. The fraction of sp³-hybridized carbons (Fsp3) is 0.355. The van der Waals surface area contributed by atoms with Crippen LogP contribution in [0.5, 0.6) is 0 Å². The highest BCUT2D eigenvalue weighted by molar-refractivity contribution is 7.92. The van der Waals surface area contributed by atoms with Crippen molar-refractivity contribution in [3.05, 3.63) is 95.3 Å². The van der Waals surface area contributed by atoms with Crippen molar-refractivity contribution in [2.45, 2.75) is 71.0 Å². The summed E-state index contributed by atoms with van der Waals surface area (Å²) in [7, 11) is -4.25. The van der Waals surface area contributed by atoms with E-state index in [2.05, 4.69) is 5.32 Å². The van der Waals surface area contributed by atoms with E-state index in [1.54, 1.807) is 24.3 Å². The maximum atomic E-state index is 14.1. The molecule has 0 aliphatic rings. The Morgan fingerprint density at radius 3 is 2.10 bits per heavy atom. The molecule has 0 spiro atoms. The number of halogens is 1. The quantitative estimate of drug-likeness (QED) is 0.319. The lowest BCUT2D eigenvalue weighted by atomic mass is 10.1.